The Morgan fingerprint density at radius 2 is 1.59 bits per heavy atom. The molecule has 2 nitrogen and oxygen atoms in total. The van der Waals surface area contributed by atoms with Crippen LogP contribution >= 0.6 is 0 Å². The average molecular weight is 360 g/mol. The summed E-state index contributed by atoms with van der Waals surface area (Å²) in [7, 11) is 0. The Labute approximate surface area is 162 Å². The van der Waals surface area contributed by atoms with Crippen molar-refractivity contribution in [1.82, 2.24) is 0 Å². The SMILES string of the molecule is O=Cc1c(C2=C(COc3ccccc3)CCCCC2)ccc2c1CCCC2. The van der Waals surface area contributed by atoms with Crippen molar-refractivity contribution in [2.24, 2.45) is 0 Å². The third kappa shape index (κ3) is 4.00. The number of aldehydes is 1. The van der Waals surface area contributed by atoms with E-state index in [2.05, 4.69) is 12.1 Å². The fourth-order valence-electron chi connectivity index (χ4n) is 4.57. The van der Waals surface area contributed by atoms with Crippen LogP contribution in [-0.2, 0) is 12.8 Å². The van der Waals surface area contributed by atoms with Gasteiger partial charge in [-0.15, -0.1) is 0 Å². The largest absolute Gasteiger partial charge is 0.489 e. The van der Waals surface area contributed by atoms with Crippen molar-refractivity contribution in [3.05, 3.63) is 70.3 Å². The third-order valence-electron chi connectivity index (χ3n) is 6.01. The number of hydrogen-bond donors (Lipinski definition) is 0. The van der Waals surface area contributed by atoms with Crippen LogP contribution in [0.4, 0.5) is 0 Å². The molecule has 27 heavy (non-hydrogen) atoms. The Hall–Kier alpha value is -2.35. The summed E-state index contributed by atoms with van der Waals surface area (Å²) in [4.78, 5) is 12.1. The van der Waals surface area contributed by atoms with Gasteiger partial charge >= 0.3 is 0 Å². The van der Waals surface area contributed by atoms with E-state index in [-0.39, 0.29) is 0 Å². The van der Waals surface area contributed by atoms with E-state index in [4.69, 9.17) is 4.74 Å². The monoisotopic (exact) mass is 360 g/mol. The van der Waals surface area contributed by atoms with E-state index in [9.17, 15) is 4.79 Å². The predicted molar refractivity (Wildman–Crippen MR) is 110 cm³/mol. The van der Waals surface area contributed by atoms with E-state index < -0.39 is 0 Å². The van der Waals surface area contributed by atoms with Gasteiger partial charge in [0, 0.05) is 5.56 Å². The first kappa shape index (κ1) is 18.0. The van der Waals surface area contributed by atoms with Gasteiger partial charge in [0.1, 0.15) is 12.4 Å². The first-order valence-corrected chi connectivity index (χ1v) is 10.4. The van der Waals surface area contributed by atoms with E-state index in [0.717, 1.165) is 43.3 Å². The standard InChI is InChI=1S/C25H28O2/c26-17-25-22-14-8-7-9-19(22)15-16-24(25)23-13-6-1-3-10-20(23)18-27-21-11-4-2-5-12-21/h2,4-5,11-12,15-17H,1,3,6-10,13-14,18H2. The van der Waals surface area contributed by atoms with Crippen molar-refractivity contribution in [2.75, 3.05) is 6.61 Å². The fourth-order valence-corrected chi connectivity index (χ4v) is 4.57. The first-order chi connectivity index (χ1) is 13.4. The Balaban J connectivity index is 1.71. The number of carbonyl (C=O) groups is 1. The summed E-state index contributed by atoms with van der Waals surface area (Å²) in [5.41, 5.74) is 7.52. The molecule has 0 saturated carbocycles. The van der Waals surface area contributed by atoms with Crippen molar-refractivity contribution < 1.29 is 9.53 Å². The van der Waals surface area contributed by atoms with Crippen molar-refractivity contribution in [2.45, 2.75) is 57.8 Å². The molecule has 0 unspecified atom stereocenters. The van der Waals surface area contributed by atoms with Gasteiger partial charge in [-0.1, -0.05) is 36.8 Å². The summed E-state index contributed by atoms with van der Waals surface area (Å²) in [5.74, 6) is 0.912. The highest BCUT2D eigenvalue weighted by molar-refractivity contribution is 5.89. The minimum atomic E-state index is 0.620. The lowest BCUT2D eigenvalue weighted by Gasteiger charge is -2.22. The number of benzene rings is 2. The van der Waals surface area contributed by atoms with Gasteiger partial charge in [-0.05, 0) is 91.3 Å². The molecule has 0 aromatic heterocycles. The van der Waals surface area contributed by atoms with Gasteiger partial charge in [0.25, 0.3) is 0 Å². The summed E-state index contributed by atoms with van der Waals surface area (Å²) < 4.78 is 6.09. The van der Waals surface area contributed by atoms with Crippen molar-refractivity contribution in [3.8, 4) is 5.75 Å². The van der Waals surface area contributed by atoms with Gasteiger partial charge in [0.05, 0.1) is 0 Å². The van der Waals surface area contributed by atoms with Crippen LogP contribution < -0.4 is 4.74 Å². The molecular formula is C25H28O2. The van der Waals surface area contributed by atoms with Gasteiger partial charge in [0.15, 0.2) is 6.29 Å². The van der Waals surface area contributed by atoms with Crippen molar-refractivity contribution >= 4 is 11.9 Å². The summed E-state index contributed by atoms with van der Waals surface area (Å²) >= 11 is 0. The van der Waals surface area contributed by atoms with Crippen LogP contribution in [0.5, 0.6) is 5.75 Å². The van der Waals surface area contributed by atoms with Crippen LogP contribution in [0.1, 0.15) is 72.0 Å². The molecule has 0 N–H and O–H groups in total. The Bertz CT molecular complexity index is 833. The highest BCUT2D eigenvalue weighted by Gasteiger charge is 2.21. The van der Waals surface area contributed by atoms with Gasteiger partial charge in [-0.25, -0.2) is 0 Å². The first-order valence-electron chi connectivity index (χ1n) is 10.4. The molecule has 4 rings (SSSR count). The number of fused-ring (bicyclic) bond motifs is 1. The van der Waals surface area contributed by atoms with Crippen LogP contribution in [0.3, 0.4) is 0 Å². The summed E-state index contributed by atoms with van der Waals surface area (Å²) in [6.45, 7) is 0.620. The van der Waals surface area contributed by atoms with Crippen LogP contribution in [0.25, 0.3) is 5.57 Å². The second-order valence-electron chi connectivity index (χ2n) is 7.73. The molecule has 2 aromatic carbocycles. The van der Waals surface area contributed by atoms with Crippen molar-refractivity contribution in [3.63, 3.8) is 0 Å². The maximum absolute atomic E-state index is 12.1. The predicted octanol–water partition coefficient (Wildman–Crippen LogP) is 6.17. The summed E-state index contributed by atoms with van der Waals surface area (Å²) in [6, 6.07) is 14.5. The minimum Gasteiger partial charge on any atom is -0.489 e. The van der Waals surface area contributed by atoms with E-state index in [1.165, 1.54) is 59.9 Å². The molecule has 2 aliphatic carbocycles. The number of aryl methyl sites for hydroxylation is 1. The zero-order chi connectivity index (χ0) is 18.5. The zero-order valence-electron chi connectivity index (χ0n) is 16.0. The maximum Gasteiger partial charge on any atom is 0.150 e. The molecule has 140 valence electrons. The van der Waals surface area contributed by atoms with E-state index in [1.54, 1.807) is 0 Å². The van der Waals surface area contributed by atoms with Gasteiger partial charge in [-0.2, -0.15) is 0 Å². The zero-order valence-corrected chi connectivity index (χ0v) is 16.0. The molecule has 0 amide bonds. The maximum atomic E-state index is 12.1. The topological polar surface area (TPSA) is 26.3 Å². The Kier molecular flexibility index (Phi) is 5.72. The normalized spacial score (nSPS) is 17.2. The third-order valence-corrected chi connectivity index (χ3v) is 6.01. The average Bonchev–Trinajstić information content (AvgIpc) is 2.97. The van der Waals surface area contributed by atoms with Crippen LogP contribution in [0.15, 0.2) is 48.0 Å². The second kappa shape index (κ2) is 8.56. The van der Waals surface area contributed by atoms with Gasteiger partial charge in [-0.3, -0.25) is 4.79 Å². The lowest BCUT2D eigenvalue weighted by atomic mass is 9.83. The quantitative estimate of drug-likeness (QED) is 0.596. The molecule has 0 atom stereocenters. The number of para-hydroxylation sites is 1. The molecular weight excluding hydrogens is 332 g/mol. The molecule has 0 saturated heterocycles. The number of ether oxygens (including phenoxy) is 1. The number of hydrogen-bond acceptors (Lipinski definition) is 2. The fraction of sp³-hybridized carbons (Fsp3) is 0.400. The highest BCUT2D eigenvalue weighted by Crippen LogP contribution is 2.36. The molecule has 0 spiro atoms. The molecule has 0 bridgehead atoms. The summed E-state index contributed by atoms with van der Waals surface area (Å²) in [6.07, 6.45) is 11.5. The Morgan fingerprint density at radius 3 is 2.44 bits per heavy atom. The van der Waals surface area contributed by atoms with Crippen LogP contribution in [0, 0.1) is 0 Å². The van der Waals surface area contributed by atoms with Crippen LogP contribution in [0.2, 0.25) is 0 Å². The lowest BCUT2D eigenvalue weighted by molar-refractivity contribution is 0.112. The minimum absolute atomic E-state index is 0.620. The second-order valence-corrected chi connectivity index (χ2v) is 7.73. The highest BCUT2D eigenvalue weighted by atomic mass is 16.5. The van der Waals surface area contributed by atoms with E-state index in [1.807, 2.05) is 30.3 Å². The number of carbonyl (C=O) groups excluding carboxylic acids is 1. The lowest BCUT2D eigenvalue weighted by Crippen LogP contribution is -2.10. The molecule has 2 aliphatic rings. The van der Waals surface area contributed by atoms with E-state index >= 15 is 0 Å². The molecule has 0 heterocycles. The molecule has 0 aliphatic heterocycles. The van der Waals surface area contributed by atoms with Gasteiger partial charge < -0.3 is 4.74 Å². The smallest absolute Gasteiger partial charge is 0.150 e. The molecule has 0 fully saturated rings. The Morgan fingerprint density at radius 1 is 0.815 bits per heavy atom. The molecule has 0 radical (unpaired) electrons. The molecule has 2 heteroatoms. The number of rotatable bonds is 5. The summed E-state index contributed by atoms with van der Waals surface area (Å²) in [5, 5.41) is 0. The molecule has 2 aromatic rings. The van der Waals surface area contributed by atoms with Crippen molar-refractivity contribution in [1.29, 1.82) is 0 Å². The number of allylic oxidation sites excluding steroid dienone is 1. The van der Waals surface area contributed by atoms with E-state index in [0.29, 0.717) is 6.61 Å². The van der Waals surface area contributed by atoms with Gasteiger partial charge in [0.2, 0.25) is 0 Å². The van der Waals surface area contributed by atoms with Crippen LogP contribution in [-0.4, -0.2) is 12.9 Å².